The molecule has 2 atom stereocenters. The molecule has 0 saturated carbocycles. The number of carboxylic acid groups (broad SMARTS) is 1. The van der Waals surface area contributed by atoms with E-state index >= 15 is 0 Å². The molecule has 1 unspecified atom stereocenters. The van der Waals surface area contributed by atoms with E-state index in [9.17, 15) is 18.0 Å². The van der Waals surface area contributed by atoms with Crippen LogP contribution in [0.25, 0.3) is 0 Å². The van der Waals surface area contributed by atoms with Crippen molar-refractivity contribution < 1.29 is 32.4 Å². The molecular formula is C14H19NO7S. The van der Waals surface area contributed by atoms with E-state index in [1.807, 2.05) is 0 Å². The first-order chi connectivity index (χ1) is 10.7. The summed E-state index contributed by atoms with van der Waals surface area (Å²) in [6.45, 7) is 2.10. The van der Waals surface area contributed by atoms with Gasteiger partial charge in [0.1, 0.15) is 11.8 Å². The smallest absolute Gasteiger partial charge is 0.327 e. The topological polar surface area (TPSA) is 130 Å². The van der Waals surface area contributed by atoms with Gasteiger partial charge in [0.2, 0.25) is 5.91 Å². The Hall–Kier alpha value is -1.97. The SMILES string of the molecule is CCOC(CC(=O)N[C@@H](CS(=O)(=O)O)C(=O)O)c1ccccc1. The number of aliphatic carboxylic acids is 1. The van der Waals surface area contributed by atoms with E-state index in [1.165, 1.54) is 0 Å². The number of carboxylic acids is 1. The quantitative estimate of drug-likeness (QED) is 0.559. The highest BCUT2D eigenvalue weighted by atomic mass is 32.2. The molecule has 0 fully saturated rings. The van der Waals surface area contributed by atoms with Crippen molar-refractivity contribution in [2.75, 3.05) is 12.4 Å². The Kier molecular flexibility index (Phi) is 7.14. The number of carbonyl (C=O) groups excluding carboxylic acids is 1. The molecule has 0 spiro atoms. The zero-order chi connectivity index (χ0) is 17.5. The van der Waals surface area contributed by atoms with Crippen molar-refractivity contribution in [1.29, 1.82) is 0 Å². The van der Waals surface area contributed by atoms with Crippen molar-refractivity contribution in [3.63, 3.8) is 0 Å². The Morgan fingerprint density at radius 2 is 1.87 bits per heavy atom. The van der Waals surface area contributed by atoms with Gasteiger partial charge in [-0.25, -0.2) is 4.79 Å². The van der Waals surface area contributed by atoms with Gasteiger partial charge in [-0.3, -0.25) is 9.35 Å². The van der Waals surface area contributed by atoms with E-state index in [0.29, 0.717) is 6.61 Å². The Labute approximate surface area is 134 Å². The molecule has 0 aromatic heterocycles. The standard InChI is InChI=1S/C14H19NO7S/c1-2-22-12(10-6-4-3-5-7-10)8-13(16)15-11(14(17)18)9-23(19,20)21/h3-7,11-12H,2,8-9H2,1H3,(H,15,16)(H,17,18)(H,19,20,21)/t11-,12?/m0/s1. The number of benzene rings is 1. The van der Waals surface area contributed by atoms with E-state index in [-0.39, 0.29) is 6.42 Å². The third-order valence-corrected chi connectivity index (χ3v) is 3.68. The molecule has 1 amide bonds. The molecule has 0 aliphatic heterocycles. The molecule has 1 rings (SSSR count). The van der Waals surface area contributed by atoms with Crippen LogP contribution >= 0.6 is 0 Å². The number of rotatable bonds is 9. The minimum atomic E-state index is -4.53. The molecule has 1 aromatic carbocycles. The van der Waals surface area contributed by atoms with Crippen molar-refractivity contribution in [2.45, 2.75) is 25.5 Å². The Bertz CT molecular complexity index is 630. The maximum absolute atomic E-state index is 12.0. The Morgan fingerprint density at radius 1 is 1.26 bits per heavy atom. The van der Waals surface area contributed by atoms with E-state index < -0.39 is 39.9 Å². The van der Waals surface area contributed by atoms with Crippen LogP contribution in [-0.2, 0) is 24.4 Å². The van der Waals surface area contributed by atoms with Gasteiger partial charge in [0.15, 0.2) is 0 Å². The molecule has 9 heteroatoms. The van der Waals surface area contributed by atoms with E-state index in [0.717, 1.165) is 5.56 Å². The summed E-state index contributed by atoms with van der Waals surface area (Å²) in [6, 6.07) is 7.16. The number of nitrogens with one attached hydrogen (secondary N) is 1. The van der Waals surface area contributed by atoms with Crippen LogP contribution in [0.4, 0.5) is 0 Å². The lowest BCUT2D eigenvalue weighted by atomic mass is 10.1. The van der Waals surface area contributed by atoms with Crippen LogP contribution in [0.15, 0.2) is 30.3 Å². The number of ether oxygens (including phenoxy) is 1. The van der Waals surface area contributed by atoms with Crippen LogP contribution in [0.5, 0.6) is 0 Å². The molecular weight excluding hydrogens is 326 g/mol. The second-order valence-electron chi connectivity index (χ2n) is 4.77. The summed E-state index contributed by atoms with van der Waals surface area (Å²) in [6.07, 6.45) is -0.756. The lowest BCUT2D eigenvalue weighted by Gasteiger charge is -2.19. The summed E-state index contributed by atoms with van der Waals surface area (Å²) in [5.74, 6) is -3.34. The van der Waals surface area contributed by atoms with Crippen LogP contribution in [0, 0.1) is 0 Å². The normalized spacial score (nSPS) is 14.0. The van der Waals surface area contributed by atoms with Crippen LogP contribution in [0.1, 0.15) is 25.0 Å². The molecule has 3 N–H and O–H groups in total. The highest BCUT2D eigenvalue weighted by molar-refractivity contribution is 7.85. The summed E-state index contributed by atoms with van der Waals surface area (Å²) in [7, 11) is -4.53. The summed E-state index contributed by atoms with van der Waals surface area (Å²) in [5.41, 5.74) is 0.742. The van der Waals surface area contributed by atoms with E-state index in [4.69, 9.17) is 14.4 Å². The van der Waals surface area contributed by atoms with E-state index in [2.05, 4.69) is 5.32 Å². The second kappa shape index (κ2) is 8.61. The van der Waals surface area contributed by atoms with Gasteiger partial charge in [0.25, 0.3) is 10.1 Å². The summed E-state index contributed by atoms with van der Waals surface area (Å²) in [5, 5.41) is 11.0. The fraction of sp³-hybridized carbons (Fsp3) is 0.429. The molecule has 0 aliphatic carbocycles. The Morgan fingerprint density at radius 3 is 2.35 bits per heavy atom. The minimum Gasteiger partial charge on any atom is -0.480 e. The van der Waals surface area contributed by atoms with Crippen LogP contribution in [0.3, 0.4) is 0 Å². The third-order valence-electron chi connectivity index (χ3n) is 2.92. The maximum Gasteiger partial charge on any atom is 0.327 e. The van der Waals surface area contributed by atoms with Gasteiger partial charge in [0.05, 0.1) is 12.5 Å². The maximum atomic E-state index is 12.0. The van der Waals surface area contributed by atoms with Crippen molar-refractivity contribution in [2.24, 2.45) is 0 Å². The van der Waals surface area contributed by atoms with Gasteiger partial charge in [-0.2, -0.15) is 8.42 Å². The fourth-order valence-electron chi connectivity index (χ4n) is 1.95. The summed E-state index contributed by atoms with van der Waals surface area (Å²) in [4.78, 5) is 22.9. The largest absolute Gasteiger partial charge is 0.480 e. The highest BCUT2D eigenvalue weighted by Crippen LogP contribution is 2.20. The molecule has 0 bridgehead atoms. The van der Waals surface area contributed by atoms with E-state index in [1.54, 1.807) is 37.3 Å². The number of hydrogen-bond donors (Lipinski definition) is 3. The van der Waals surface area contributed by atoms with Gasteiger partial charge >= 0.3 is 5.97 Å². The zero-order valence-electron chi connectivity index (χ0n) is 12.5. The predicted octanol–water partition coefficient (Wildman–Crippen LogP) is 0.612. The van der Waals surface area contributed by atoms with Gasteiger partial charge in [-0.05, 0) is 12.5 Å². The van der Waals surface area contributed by atoms with Crippen molar-refractivity contribution in [3.05, 3.63) is 35.9 Å². The number of hydrogen-bond acceptors (Lipinski definition) is 5. The average molecular weight is 345 g/mol. The first-order valence-electron chi connectivity index (χ1n) is 6.86. The monoisotopic (exact) mass is 345 g/mol. The average Bonchev–Trinajstić information content (AvgIpc) is 2.45. The van der Waals surface area contributed by atoms with Crippen LogP contribution in [-0.4, -0.2) is 48.4 Å². The van der Waals surface area contributed by atoms with Gasteiger partial charge in [-0.1, -0.05) is 30.3 Å². The van der Waals surface area contributed by atoms with Gasteiger partial charge in [0, 0.05) is 6.61 Å². The minimum absolute atomic E-state index is 0.174. The molecule has 0 heterocycles. The summed E-state index contributed by atoms with van der Waals surface area (Å²) >= 11 is 0. The zero-order valence-corrected chi connectivity index (χ0v) is 13.3. The molecule has 128 valence electrons. The first kappa shape index (κ1) is 19.1. The lowest BCUT2D eigenvalue weighted by molar-refractivity contribution is -0.141. The van der Waals surface area contributed by atoms with Crippen molar-refractivity contribution >= 4 is 22.0 Å². The Balaban J connectivity index is 2.76. The molecule has 23 heavy (non-hydrogen) atoms. The second-order valence-corrected chi connectivity index (χ2v) is 6.26. The van der Waals surface area contributed by atoms with Crippen LogP contribution < -0.4 is 5.32 Å². The number of amides is 1. The van der Waals surface area contributed by atoms with Gasteiger partial charge in [-0.15, -0.1) is 0 Å². The van der Waals surface area contributed by atoms with Gasteiger partial charge < -0.3 is 15.2 Å². The fourth-order valence-corrected chi connectivity index (χ4v) is 2.60. The molecule has 0 saturated heterocycles. The first-order valence-corrected chi connectivity index (χ1v) is 8.47. The predicted molar refractivity (Wildman–Crippen MR) is 81.4 cm³/mol. The number of carbonyl (C=O) groups is 2. The molecule has 1 aromatic rings. The molecule has 8 nitrogen and oxygen atoms in total. The molecule has 0 aliphatic rings. The van der Waals surface area contributed by atoms with Crippen LogP contribution in [0.2, 0.25) is 0 Å². The third kappa shape index (κ3) is 7.22. The molecule has 0 radical (unpaired) electrons. The highest BCUT2D eigenvalue weighted by Gasteiger charge is 2.27. The summed E-state index contributed by atoms with van der Waals surface area (Å²) < 4.78 is 35.8. The van der Waals surface area contributed by atoms with Crippen molar-refractivity contribution in [3.8, 4) is 0 Å². The lowest BCUT2D eigenvalue weighted by Crippen LogP contribution is -2.45. The van der Waals surface area contributed by atoms with Crippen molar-refractivity contribution in [1.82, 2.24) is 5.32 Å².